The molecule has 0 fully saturated rings. The number of nitrogens with zero attached hydrogens (tertiary/aromatic N) is 2. The van der Waals surface area contributed by atoms with Crippen molar-refractivity contribution in [3.63, 3.8) is 0 Å². The largest absolute Gasteiger partial charge is 0.399 e. The number of benzene rings is 1. The van der Waals surface area contributed by atoms with Gasteiger partial charge in [0.25, 0.3) is 10.0 Å². The minimum Gasteiger partial charge on any atom is -0.399 e. The Kier molecular flexibility index (Phi) is 3.31. The van der Waals surface area contributed by atoms with Crippen LogP contribution in [0.25, 0.3) is 0 Å². The quantitative estimate of drug-likeness (QED) is 0.832. The normalized spacial score (nSPS) is 11.4. The molecule has 1 aromatic heterocycles. The number of hydrogen-bond acceptors (Lipinski definition) is 6. The van der Waals surface area contributed by atoms with Gasteiger partial charge < -0.3 is 5.73 Å². The highest BCUT2D eigenvalue weighted by Crippen LogP contribution is 2.26. The second kappa shape index (κ2) is 4.59. The smallest absolute Gasteiger partial charge is 0.263 e. The number of nitrogen functional groups attached to an aromatic ring is 1. The Bertz CT molecular complexity index is 627. The van der Waals surface area contributed by atoms with Crippen molar-refractivity contribution in [1.82, 2.24) is 9.59 Å². The average Bonchev–Trinajstić information content (AvgIpc) is 2.73. The first kappa shape index (κ1) is 12.3. The van der Waals surface area contributed by atoms with Crippen LogP contribution in [0, 0.1) is 0 Å². The van der Waals surface area contributed by atoms with Crippen LogP contribution in [-0.2, 0) is 10.0 Å². The van der Waals surface area contributed by atoms with Gasteiger partial charge in [0.1, 0.15) is 9.90 Å². The van der Waals surface area contributed by atoms with Crippen LogP contribution in [0.4, 0.5) is 10.7 Å². The highest BCUT2D eigenvalue weighted by Gasteiger charge is 2.18. The lowest BCUT2D eigenvalue weighted by Gasteiger charge is -2.07. The first-order chi connectivity index (χ1) is 7.99. The van der Waals surface area contributed by atoms with Gasteiger partial charge in [-0.15, -0.1) is 5.10 Å². The van der Waals surface area contributed by atoms with Crippen LogP contribution in [0.2, 0.25) is 0 Å². The molecule has 0 aliphatic heterocycles. The third-order valence-electron chi connectivity index (χ3n) is 1.84. The van der Waals surface area contributed by atoms with E-state index in [-0.39, 0.29) is 4.90 Å². The summed E-state index contributed by atoms with van der Waals surface area (Å²) in [4.78, 5) is 0.0749. The molecule has 0 aliphatic rings. The fourth-order valence-corrected chi connectivity index (χ4v) is 3.81. The van der Waals surface area contributed by atoms with Crippen LogP contribution in [0.1, 0.15) is 0 Å². The van der Waals surface area contributed by atoms with E-state index in [1.54, 1.807) is 12.1 Å². The number of anilines is 2. The summed E-state index contributed by atoms with van der Waals surface area (Å²) < 4.78 is 30.4. The van der Waals surface area contributed by atoms with Crippen LogP contribution in [0.5, 0.6) is 0 Å². The van der Waals surface area contributed by atoms with E-state index in [2.05, 4.69) is 30.2 Å². The van der Waals surface area contributed by atoms with E-state index in [0.717, 1.165) is 11.5 Å². The topological polar surface area (TPSA) is 98.0 Å². The van der Waals surface area contributed by atoms with Gasteiger partial charge in [-0.1, -0.05) is 4.49 Å². The van der Waals surface area contributed by atoms with E-state index in [9.17, 15) is 8.42 Å². The molecule has 0 unspecified atom stereocenters. The number of nitrogens with two attached hydrogens (primary N) is 1. The van der Waals surface area contributed by atoms with Crippen LogP contribution in [-0.4, -0.2) is 18.0 Å². The number of halogens is 1. The Morgan fingerprint density at radius 3 is 2.82 bits per heavy atom. The van der Waals surface area contributed by atoms with Gasteiger partial charge in [-0.05, 0) is 34.1 Å². The van der Waals surface area contributed by atoms with Crippen LogP contribution in [0.3, 0.4) is 0 Å². The number of aromatic nitrogens is 2. The van der Waals surface area contributed by atoms with E-state index in [4.69, 9.17) is 5.73 Å². The second-order valence-corrected chi connectivity index (χ2v) is 6.37. The average molecular weight is 335 g/mol. The lowest BCUT2D eigenvalue weighted by Crippen LogP contribution is -2.13. The highest BCUT2D eigenvalue weighted by molar-refractivity contribution is 9.10. The molecular formula is C8H7BrN4O2S2. The standard InChI is InChI=1S/C8H7BrN4O2S2/c9-6-2-1-5(10)3-7(6)17(14,15)12-8-4-11-13-16-8/h1-4,12H,10H2. The third kappa shape index (κ3) is 2.73. The summed E-state index contributed by atoms with van der Waals surface area (Å²) in [6.45, 7) is 0. The zero-order chi connectivity index (χ0) is 12.5. The van der Waals surface area contributed by atoms with Crippen molar-refractivity contribution in [1.29, 1.82) is 0 Å². The van der Waals surface area contributed by atoms with E-state index >= 15 is 0 Å². The maximum absolute atomic E-state index is 12.0. The second-order valence-electron chi connectivity index (χ2n) is 3.08. The van der Waals surface area contributed by atoms with Crippen molar-refractivity contribution in [2.24, 2.45) is 0 Å². The lowest BCUT2D eigenvalue weighted by molar-refractivity contribution is 0.601. The Balaban J connectivity index is 2.41. The fraction of sp³-hybridized carbons (Fsp3) is 0. The molecule has 0 spiro atoms. The zero-order valence-corrected chi connectivity index (χ0v) is 11.5. The van der Waals surface area contributed by atoms with Gasteiger partial charge in [0, 0.05) is 21.7 Å². The number of sulfonamides is 1. The van der Waals surface area contributed by atoms with E-state index in [1.165, 1.54) is 12.3 Å². The van der Waals surface area contributed by atoms with Crippen molar-refractivity contribution in [2.45, 2.75) is 4.90 Å². The summed E-state index contributed by atoms with van der Waals surface area (Å²) in [5.74, 6) is 0. The first-order valence-corrected chi connectivity index (χ1v) is 7.39. The summed E-state index contributed by atoms with van der Waals surface area (Å²) in [6, 6.07) is 4.56. The summed E-state index contributed by atoms with van der Waals surface area (Å²) in [6.07, 6.45) is 1.34. The molecule has 17 heavy (non-hydrogen) atoms. The van der Waals surface area contributed by atoms with Crippen molar-refractivity contribution in [3.8, 4) is 0 Å². The molecule has 1 heterocycles. The molecule has 3 N–H and O–H groups in total. The van der Waals surface area contributed by atoms with E-state index in [0.29, 0.717) is 15.2 Å². The molecular weight excluding hydrogens is 328 g/mol. The molecule has 6 nitrogen and oxygen atoms in total. The van der Waals surface area contributed by atoms with E-state index < -0.39 is 10.0 Å². The third-order valence-corrected chi connectivity index (χ3v) is 4.91. The molecule has 0 amide bonds. The summed E-state index contributed by atoms with van der Waals surface area (Å²) >= 11 is 4.12. The van der Waals surface area contributed by atoms with Crippen molar-refractivity contribution in [2.75, 3.05) is 10.5 Å². The van der Waals surface area contributed by atoms with E-state index in [1.807, 2.05) is 0 Å². The lowest BCUT2D eigenvalue weighted by atomic mass is 10.3. The molecule has 0 bridgehead atoms. The van der Waals surface area contributed by atoms with Gasteiger partial charge in [0.15, 0.2) is 0 Å². The number of nitrogens with one attached hydrogen (secondary N) is 1. The van der Waals surface area contributed by atoms with Crippen LogP contribution in [0.15, 0.2) is 33.8 Å². The van der Waals surface area contributed by atoms with Crippen molar-refractivity contribution < 1.29 is 8.42 Å². The first-order valence-electron chi connectivity index (χ1n) is 4.34. The molecule has 2 rings (SSSR count). The van der Waals surface area contributed by atoms with Gasteiger partial charge in [0.05, 0.1) is 6.20 Å². The molecule has 0 radical (unpaired) electrons. The maximum atomic E-state index is 12.0. The Hall–Kier alpha value is -1.19. The molecule has 0 saturated carbocycles. The Morgan fingerprint density at radius 1 is 1.41 bits per heavy atom. The van der Waals surface area contributed by atoms with Gasteiger partial charge in [0.2, 0.25) is 0 Å². The van der Waals surface area contributed by atoms with Gasteiger partial charge in [-0.3, -0.25) is 4.72 Å². The SMILES string of the molecule is Nc1ccc(Br)c(S(=O)(=O)Nc2cnns2)c1. The summed E-state index contributed by atoms with van der Waals surface area (Å²) in [7, 11) is -3.68. The van der Waals surface area contributed by atoms with Gasteiger partial charge in [-0.2, -0.15) is 0 Å². The Labute approximate surface area is 110 Å². The summed E-state index contributed by atoms with van der Waals surface area (Å²) in [5.41, 5.74) is 5.93. The maximum Gasteiger partial charge on any atom is 0.263 e. The predicted molar refractivity (Wildman–Crippen MR) is 69.3 cm³/mol. The fourth-order valence-electron chi connectivity index (χ4n) is 1.13. The van der Waals surface area contributed by atoms with Gasteiger partial charge in [-0.25, -0.2) is 8.42 Å². The Morgan fingerprint density at radius 2 is 2.18 bits per heavy atom. The minimum atomic E-state index is -3.68. The molecule has 0 atom stereocenters. The number of hydrogen-bond donors (Lipinski definition) is 2. The zero-order valence-electron chi connectivity index (χ0n) is 8.29. The monoisotopic (exact) mass is 334 g/mol. The molecule has 1 aromatic carbocycles. The molecule has 0 aliphatic carbocycles. The van der Waals surface area contributed by atoms with Crippen LogP contribution < -0.4 is 10.5 Å². The summed E-state index contributed by atoms with van der Waals surface area (Å²) in [5, 5.41) is 3.89. The minimum absolute atomic E-state index is 0.0749. The number of rotatable bonds is 3. The molecule has 90 valence electrons. The molecule has 2 aromatic rings. The van der Waals surface area contributed by atoms with Gasteiger partial charge >= 0.3 is 0 Å². The molecule has 0 saturated heterocycles. The van der Waals surface area contributed by atoms with Crippen molar-refractivity contribution >= 4 is 48.2 Å². The predicted octanol–water partition coefficient (Wildman–Crippen LogP) is 1.68. The highest BCUT2D eigenvalue weighted by atomic mass is 79.9. The molecule has 9 heteroatoms. The van der Waals surface area contributed by atoms with Crippen molar-refractivity contribution in [3.05, 3.63) is 28.9 Å². The van der Waals surface area contributed by atoms with Crippen LogP contribution >= 0.6 is 27.5 Å².